The first-order valence-corrected chi connectivity index (χ1v) is 16.0. The van der Waals surface area contributed by atoms with Crippen LogP contribution in [0.1, 0.15) is 54.7 Å². The van der Waals surface area contributed by atoms with Crippen LogP contribution < -0.4 is 21.7 Å². The molecule has 3 aromatic rings. The van der Waals surface area contributed by atoms with Gasteiger partial charge in [0, 0.05) is 30.0 Å². The number of fused-ring (bicyclic) bond motifs is 1. The number of hydrogen-bond donors (Lipinski definition) is 4. The van der Waals surface area contributed by atoms with Gasteiger partial charge in [-0.3, -0.25) is 14.4 Å². The summed E-state index contributed by atoms with van der Waals surface area (Å²) in [5.74, 6) is -0.811. The lowest BCUT2D eigenvalue weighted by atomic mass is 9.88. The van der Waals surface area contributed by atoms with E-state index in [-0.39, 0.29) is 24.4 Å². The summed E-state index contributed by atoms with van der Waals surface area (Å²) in [6, 6.07) is 7.21. The highest BCUT2D eigenvalue weighted by Gasteiger charge is 2.38. The number of likely N-dealkylation sites (N-methyl/N-ethyl adjacent to an activating group) is 1. The van der Waals surface area contributed by atoms with E-state index in [1.54, 1.807) is 29.7 Å². The van der Waals surface area contributed by atoms with Crippen molar-refractivity contribution in [1.82, 2.24) is 20.9 Å². The van der Waals surface area contributed by atoms with E-state index in [0.717, 1.165) is 22.1 Å². The van der Waals surface area contributed by atoms with Crippen LogP contribution in [0.25, 0.3) is 22.2 Å². The molecule has 226 valence electrons. The number of thiophene rings is 2. The summed E-state index contributed by atoms with van der Waals surface area (Å²) >= 11 is 3.39. The molecule has 10 heteroatoms. The van der Waals surface area contributed by atoms with Crippen molar-refractivity contribution < 1.29 is 14.4 Å². The minimum atomic E-state index is -0.989. The van der Waals surface area contributed by atoms with Crippen LogP contribution in [0.2, 0.25) is 0 Å². The largest absolute Gasteiger partial charge is 0.342 e. The molecule has 0 aliphatic carbocycles. The second-order valence-electron chi connectivity index (χ2n) is 10.5. The minimum absolute atomic E-state index is 0.0720. The van der Waals surface area contributed by atoms with Gasteiger partial charge < -0.3 is 26.6 Å². The Labute approximate surface area is 257 Å². The standard InChI is InChI=1S/C21H29N5O3S.C11H14S/c1-14(27)24-13-26(2)19(28)17(25-20(29)21(22)7-9-23-10-8-21)11-15-12-30-18-6-4-3-5-16(15)18;1-4-6-7-11-10(5-2)9(3)8-12-11/h3-6,12,17,23H,7-11,13,22H2,1-2H3,(H,24,27)(H,25,29);5-8H,2,4H2,1,3H3/b;7-6-/t17-;/m1./s1. The van der Waals surface area contributed by atoms with E-state index in [1.807, 2.05) is 35.7 Å². The third-order valence-corrected chi connectivity index (χ3v) is 9.33. The van der Waals surface area contributed by atoms with Crippen molar-refractivity contribution in [3.8, 4) is 0 Å². The van der Waals surface area contributed by atoms with Gasteiger partial charge in [0.1, 0.15) is 6.04 Å². The fourth-order valence-electron chi connectivity index (χ4n) is 4.68. The molecule has 1 atom stereocenters. The molecule has 0 spiro atoms. The van der Waals surface area contributed by atoms with Crippen LogP contribution in [-0.2, 0) is 20.8 Å². The summed E-state index contributed by atoms with van der Waals surface area (Å²) in [4.78, 5) is 40.1. The Hall–Kier alpha value is -3.31. The molecule has 0 saturated carbocycles. The smallest absolute Gasteiger partial charge is 0.246 e. The van der Waals surface area contributed by atoms with Crippen molar-refractivity contribution in [2.45, 2.75) is 58.0 Å². The van der Waals surface area contributed by atoms with Gasteiger partial charge in [-0.1, -0.05) is 43.9 Å². The molecule has 1 aliphatic rings. The number of piperidine rings is 1. The third-order valence-electron chi connectivity index (χ3n) is 7.24. The summed E-state index contributed by atoms with van der Waals surface area (Å²) in [7, 11) is 1.60. The molecule has 1 aliphatic heterocycles. The molecule has 3 heterocycles. The zero-order valence-corrected chi connectivity index (χ0v) is 26.6. The first kappa shape index (κ1) is 33.2. The Morgan fingerprint density at radius 3 is 2.57 bits per heavy atom. The van der Waals surface area contributed by atoms with Crippen LogP contribution in [0, 0.1) is 6.92 Å². The van der Waals surface area contributed by atoms with Crippen LogP contribution in [0.3, 0.4) is 0 Å². The molecular formula is C32H43N5O3S2. The topological polar surface area (TPSA) is 117 Å². The van der Waals surface area contributed by atoms with Crippen LogP contribution in [-0.4, -0.2) is 61.0 Å². The number of benzene rings is 1. The number of allylic oxidation sites excluding steroid dienone is 1. The van der Waals surface area contributed by atoms with Gasteiger partial charge in [-0.15, -0.1) is 22.7 Å². The average molecular weight is 610 g/mol. The second-order valence-corrected chi connectivity index (χ2v) is 12.4. The molecule has 3 amide bonds. The average Bonchev–Trinajstić information content (AvgIpc) is 3.56. The normalized spacial score (nSPS) is 15.0. The van der Waals surface area contributed by atoms with Crippen molar-refractivity contribution >= 4 is 62.6 Å². The van der Waals surface area contributed by atoms with Gasteiger partial charge in [0.05, 0.1) is 12.2 Å². The zero-order chi connectivity index (χ0) is 30.7. The summed E-state index contributed by atoms with van der Waals surface area (Å²) in [6.45, 7) is 10.9. The number of rotatable bonds is 10. The Kier molecular flexibility index (Phi) is 12.5. The number of carbonyl (C=O) groups is 3. The van der Waals surface area contributed by atoms with Crippen molar-refractivity contribution in [3.05, 3.63) is 69.2 Å². The fourth-order valence-corrected chi connectivity index (χ4v) is 6.63. The summed E-state index contributed by atoms with van der Waals surface area (Å²) in [5, 5.41) is 14.0. The molecule has 5 N–H and O–H groups in total. The van der Waals surface area contributed by atoms with Gasteiger partial charge in [0.15, 0.2) is 0 Å². The molecule has 0 unspecified atom stereocenters. The molecule has 0 bridgehead atoms. The number of nitrogens with one attached hydrogen (secondary N) is 3. The minimum Gasteiger partial charge on any atom is -0.342 e. The quantitative estimate of drug-likeness (QED) is 0.249. The van der Waals surface area contributed by atoms with Gasteiger partial charge in [-0.05, 0) is 84.3 Å². The number of nitrogens with zero attached hydrogens (tertiary/aromatic N) is 1. The maximum atomic E-state index is 13.2. The SMILES string of the molecule is C=Cc1c(C)csc1/C=C\CC.CC(=O)NCN(C)C(=O)[C@@H](Cc1csc2ccccc12)NC(=O)C1(N)CCNCC1. The molecule has 42 heavy (non-hydrogen) atoms. The molecule has 1 aromatic carbocycles. The first-order chi connectivity index (χ1) is 20.1. The van der Waals surface area contributed by atoms with Crippen LogP contribution in [0.5, 0.6) is 0 Å². The van der Waals surface area contributed by atoms with Crippen molar-refractivity contribution in [2.24, 2.45) is 5.73 Å². The van der Waals surface area contributed by atoms with Gasteiger partial charge in [0.25, 0.3) is 0 Å². The maximum Gasteiger partial charge on any atom is 0.246 e. The molecule has 4 rings (SSSR count). The van der Waals surface area contributed by atoms with E-state index in [9.17, 15) is 14.4 Å². The highest BCUT2D eigenvalue weighted by molar-refractivity contribution is 7.17. The third kappa shape index (κ3) is 8.84. The molecule has 2 aromatic heterocycles. The highest BCUT2D eigenvalue weighted by Crippen LogP contribution is 2.27. The molecule has 8 nitrogen and oxygen atoms in total. The number of hydrogen-bond acceptors (Lipinski definition) is 7. The van der Waals surface area contributed by atoms with Gasteiger partial charge in [0.2, 0.25) is 17.7 Å². The predicted molar refractivity (Wildman–Crippen MR) is 176 cm³/mol. The lowest BCUT2D eigenvalue weighted by Gasteiger charge is -2.34. The number of aryl methyl sites for hydroxylation is 1. The number of carbonyl (C=O) groups excluding carboxylic acids is 3. The van der Waals surface area contributed by atoms with Crippen molar-refractivity contribution in [1.29, 1.82) is 0 Å². The number of amides is 3. The summed E-state index contributed by atoms with van der Waals surface area (Å²) < 4.78 is 1.13. The zero-order valence-electron chi connectivity index (χ0n) is 25.0. The van der Waals surface area contributed by atoms with Crippen molar-refractivity contribution in [3.63, 3.8) is 0 Å². The predicted octanol–water partition coefficient (Wildman–Crippen LogP) is 4.68. The monoisotopic (exact) mass is 609 g/mol. The van der Waals surface area contributed by atoms with Crippen LogP contribution in [0.4, 0.5) is 0 Å². The van der Waals surface area contributed by atoms with Gasteiger partial charge in [-0.25, -0.2) is 0 Å². The van der Waals surface area contributed by atoms with E-state index in [2.05, 4.69) is 53.9 Å². The summed E-state index contributed by atoms with van der Waals surface area (Å²) in [6.07, 6.45) is 8.76. The number of nitrogens with two attached hydrogens (primary N) is 1. The van der Waals surface area contributed by atoms with Crippen molar-refractivity contribution in [2.75, 3.05) is 26.8 Å². The van der Waals surface area contributed by atoms with E-state index in [0.29, 0.717) is 32.4 Å². The van der Waals surface area contributed by atoms with E-state index in [1.165, 1.54) is 27.8 Å². The molecular weight excluding hydrogens is 567 g/mol. The Morgan fingerprint density at radius 2 is 1.90 bits per heavy atom. The molecule has 0 radical (unpaired) electrons. The Balaban J connectivity index is 0.000000337. The van der Waals surface area contributed by atoms with Crippen LogP contribution >= 0.6 is 22.7 Å². The van der Waals surface area contributed by atoms with E-state index < -0.39 is 11.6 Å². The maximum absolute atomic E-state index is 13.2. The lowest BCUT2D eigenvalue weighted by molar-refractivity contribution is -0.138. The molecule has 1 saturated heterocycles. The molecule has 1 fully saturated rings. The summed E-state index contributed by atoms with van der Waals surface area (Å²) in [5.41, 5.74) is 8.97. The highest BCUT2D eigenvalue weighted by atomic mass is 32.1. The Bertz CT molecular complexity index is 1400. The van der Waals surface area contributed by atoms with Crippen LogP contribution in [0.15, 0.2) is 47.7 Å². The second kappa shape index (κ2) is 15.8. The van der Waals surface area contributed by atoms with Gasteiger partial charge in [-0.2, -0.15) is 0 Å². The Morgan fingerprint density at radius 1 is 1.19 bits per heavy atom. The van der Waals surface area contributed by atoms with E-state index in [4.69, 9.17) is 5.73 Å². The lowest BCUT2D eigenvalue weighted by Crippen LogP contribution is -2.62. The fraction of sp³-hybridized carbons (Fsp3) is 0.406. The van der Waals surface area contributed by atoms with Gasteiger partial charge >= 0.3 is 0 Å². The van der Waals surface area contributed by atoms with E-state index >= 15 is 0 Å². The first-order valence-electron chi connectivity index (χ1n) is 14.2.